The molecule has 3 fully saturated rings. The minimum absolute atomic E-state index is 0.765. The van der Waals surface area contributed by atoms with E-state index in [2.05, 4.69) is 10.2 Å². The van der Waals surface area contributed by atoms with Crippen LogP contribution in [0.2, 0.25) is 0 Å². The Hall–Kier alpha value is -0.0800. The van der Waals surface area contributed by atoms with Crippen molar-refractivity contribution in [2.75, 3.05) is 32.7 Å². The molecule has 1 N–H and O–H groups in total. The Morgan fingerprint density at radius 3 is 2.37 bits per heavy atom. The monoisotopic (exact) mass is 264 g/mol. The first kappa shape index (κ1) is 13.9. The van der Waals surface area contributed by atoms with Crippen molar-refractivity contribution in [3.63, 3.8) is 0 Å². The Kier molecular flexibility index (Phi) is 4.81. The van der Waals surface area contributed by atoms with Crippen LogP contribution >= 0.6 is 0 Å². The predicted octanol–water partition coefficient (Wildman–Crippen LogP) is 3.42. The number of hydrogen-bond donors (Lipinski definition) is 1. The van der Waals surface area contributed by atoms with Crippen LogP contribution in [0.25, 0.3) is 0 Å². The first-order valence-electron chi connectivity index (χ1n) is 8.79. The van der Waals surface area contributed by atoms with E-state index in [0.717, 1.165) is 11.3 Å². The van der Waals surface area contributed by atoms with Crippen molar-refractivity contribution in [3.8, 4) is 0 Å². The zero-order chi connectivity index (χ0) is 13.0. The molecule has 1 saturated carbocycles. The highest BCUT2D eigenvalue weighted by molar-refractivity contribution is 4.87. The lowest BCUT2D eigenvalue weighted by Crippen LogP contribution is -2.37. The highest BCUT2D eigenvalue weighted by Crippen LogP contribution is 2.44. The number of piperidine rings is 1. The summed E-state index contributed by atoms with van der Waals surface area (Å²) in [7, 11) is 0. The second-order valence-electron chi connectivity index (χ2n) is 7.41. The SMILES string of the molecule is C1CCC2(CC1)CCCN(CC1CCNCC1)CC2. The van der Waals surface area contributed by atoms with E-state index in [1.54, 1.807) is 0 Å². The third kappa shape index (κ3) is 3.72. The van der Waals surface area contributed by atoms with Crippen LogP contribution in [0, 0.1) is 11.3 Å². The summed E-state index contributed by atoms with van der Waals surface area (Å²) in [6, 6.07) is 0. The summed E-state index contributed by atoms with van der Waals surface area (Å²) >= 11 is 0. The van der Waals surface area contributed by atoms with Gasteiger partial charge in [-0.3, -0.25) is 0 Å². The Morgan fingerprint density at radius 2 is 1.58 bits per heavy atom. The van der Waals surface area contributed by atoms with Gasteiger partial charge in [-0.15, -0.1) is 0 Å². The molecule has 2 aliphatic heterocycles. The van der Waals surface area contributed by atoms with Crippen LogP contribution in [0.5, 0.6) is 0 Å². The van der Waals surface area contributed by atoms with Crippen molar-refractivity contribution >= 4 is 0 Å². The molecule has 0 amide bonds. The van der Waals surface area contributed by atoms with Crippen molar-refractivity contribution < 1.29 is 0 Å². The number of nitrogens with zero attached hydrogens (tertiary/aromatic N) is 1. The topological polar surface area (TPSA) is 15.3 Å². The van der Waals surface area contributed by atoms with Crippen LogP contribution < -0.4 is 5.32 Å². The van der Waals surface area contributed by atoms with Crippen molar-refractivity contribution in [2.24, 2.45) is 11.3 Å². The summed E-state index contributed by atoms with van der Waals surface area (Å²) < 4.78 is 0. The van der Waals surface area contributed by atoms with Crippen LogP contribution in [0.1, 0.15) is 64.2 Å². The van der Waals surface area contributed by atoms with E-state index in [1.807, 2.05) is 0 Å². The first-order valence-corrected chi connectivity index (χ1v) is 8.79. The molecule has 0 aromatic carbocycles. The Morgan fingerprint density at radius 1 is 0.842 bits per heavy atom. The lowest BCUT2D eigenvalue weighted by Gasteiger charge is -2.37. The van der Waals surface area contributed by atoms with E-state index in [9.17, 15) is 0 Å². The van der Waals surface area contributed by atoms with Crippen LogP contribution in [0.3, 0.4) is 0 Å². The van der Waals surface area contributed by atoms with Crippen LogP contribution in [0.15, 0.2) is 0 Å². The summed E-state index contributed by atoms with van der Waals surface area (Å²) in [5, 5.41) is 3.49. The maximum atomic E-state index is 3.49. The zero-order valence-electron chi connectivity index (χ0n) is 12.6. The van der Waals surface area contributed by atoms with E-state index in [0.29, 0.717) is 0 Å². The van der Waals surface area contributed by atoms with Crippen molar-refractivity contribution in [1.29, 1.82) is 0 Å². The molecule has 3 aliphatic rings. The quantitative estimate of drug-likeness (QED) is 0.822. The molecule has 3 rings (SSSR count). The largest absolute Gasteiger partial charge is 0.317 e. The van der Waals surface area contributed by atoms with Crippen molar-refractivity contribution in [3.05, 3.63) is 0 Å². The molecule has 2 heterocycles. The van der Waals surface area contributed by atoms with E-state index in [-0.39, 0.29) is 0 Å². The Bertz CT molecular complexity index is 264. The van der Waals surface area contributed by atoms with Gasteiger partial charge in [0.25, 0.3) is 0 Å². The molecule has 0 unspecified atom stereocenters. The summed E-state index contributed by atoms with van der Waals surface area (Å²) in [6.07, 6.45) is 14.9. The van der Waals surface area contributed by atoms with Crippen molar-refractivity contribution in [2.45, 2.75) is 64.2 Å². The number of nitrogens with one attached hydrogen (secondary N) is 1. The van der Waals surface area contributed by atoms with E-state index >= 15 is 0 Å². The Labute approximate surface area is 119 Å². The van der Waals surface area contributed by atoms with E-state index in [4.69, 9.17) is 0 Å². The highest BCUT2D eigenvalue weighted by Gasteiger charge is 2.34. The van der Waals surface area contributed by atoms with Gasteiger partial charge in [-0.1, -0.05) is 19.3 Å². The summed E-state index contributed by atoms with van der Waals surface area (Å²) in [5.41, 5.74) is 0.765. The highest BCUT2D eigenvalue weighted by atomic mass is 15.1. The molecule has 1 spiro atoms. The molecular formula is C17H32N2. The number of hydrogen-bond acceptors (Lipinski definition) is 2. The first-order chi connectivity index (χ1) is 9.36. The minimum atomic E-state index is 0.765. The standard InChI is InChI=1S/C17H32N2/c1-2-7-17(8-3-1)9-4-13-19(14-10-17)15-16-5-11-18-12-6-16/h16,18H,1-15H2. The van der Waals surface area contributed by atoms with Gasteiger partial charge in [-0.05, 0) is 82.5 Å². The van der Waals surface area contributed by atoms with Gasteiger partial charge in [-0.2, -0.15) is 0 Å². The van der Waals surface area contributed by atoms with Gasteiger partial charge in [0.15, 0.2) is 0 Å². The third-order valence-corrected chi connectivity index (χ3v) is 6.03. The molecule has 0 bridgehead atoms. The molecule has 1 aliphatic carbocycles. The normalized spacial score (nSPS) is 30.3. The molecule has 0 aromatic heterocycles. The Balaban J connectivity index is 1.49. The second-order valence-corrected chi connectivity index (χ2v) is 7.41. The molecule has 0 aromatic rings. The maximum absolute atomic E-state index is 3.49. The fourth-order valence-corrected chi connectivity index (χ4v) is 4.72. The average Bonchev–Trinajstić information content (AvgIpc) is 2.64. The zero-order valence-corrected chi connectivity index (χ0v) is 12.6. The van der Waals surface area contributed by atoms with Crippen LogP contribution in [-0.2, 0) is 0 Å². The average molecular weight is 264 g/mol. The molecular weight excluding hydrogens is 232 g/mol. The minimum Gasteiger partial charge on any atom is -0.317 e. The molecule has 2 saturated heterocycles. The fraction of sp³-hybridized carbons (Fsp3) is 1.00. The molecule has 110 valence electrons. The lowest BCUT2D eigenvalue weighted by molar-refractivity contribution is 0.151. The predicted molar refractivity (Wildman–Crippen MR) is 81.4 cm³/mol. The van der Waals surface area contributed by atoms with Gasteiger partial charge in [0, 0.05) is 6.54 Å². The lowest BCUT2D eigenvalue weighted by atomic mass is 9.69. The molecule has 19 heavy (non-hydrogen) atoms. The second kappa shape index (κ2) is 6.58. The molecule has 2 heteroatoms. The summed E-state index contributed by atoms with van der Waals surface area (Å²) in [4.78, 5) is 2.80. The van der Waals surface area contributed by atoms with Gasteiger partial charge in [0.1, 0.15) is 0 Å². The summed E-state index contributed by atoms with van der Waals surface area (Å²) in [6.45, 7) is 6.66. The van der Waals surface area contributed by atoms with Gasteiger partial charge in [-0.25, -0.2) is 0 Å². The van der Waals surface area contributed by atoms with Crippen LogP contribution in [0.4, 0.5) is 0 Å². The van der Waals surface area contributed by atoms with Gasteiger partial charge in [0.05, 0.1) is 0 Å². The van der Waals surface area contributed by atoms with Gasteiger partial charge in [0.2, 0.25) is 0 Å². The van der Waals surface area contributed by atoms with Gasteiger partial charge < -0.3 is 10.2 Å². The maximum Gasteiger partial charge on any atom is 0.00106 e. The summed E-state index contributed by atoms with van der Waals surface area (Å²) in [5.74, 6) is 0.974. The molecule has 0 atom stereocenters. The van der Waals surface area contributed by atoms with E-state index in [1.165, 1.54) is 96.9 Å². The third-order valence-electron chi connectivity index (χ3n) is 6.03. The van der Waals surface area contributed by atoms with E-state index < -0.39 is 0 Å². The number of rotatable bonds is 2. The molecule has 0 radical (unpaired) electrons. The molecule has 2 nitrogen and oxygen atoms in total. The van der Waals surface area contributed by atoms with Gasteiger partial charge >= 0.3 is 0 Å². The van der Waals surface area contributed by atoms with Crippen molar-refractivity contribution in [1.82, 2.24) is 10.2 Å². The van der Waals surface area contributed by atoms with Crippen LogP contribution in [-0.4, -0.2) is 37.6 Å². The smallest absolute Gasteiger partial charge is 0.00106 e. The number of likely N-dealkylation sites (tertiary alicyclic amines) is 1. The fourth-order valence-electron chi connectivity index (χ4n) is 4.72.